The van der Waals surface area contributed by atoms with Crippen molar-refractivity contribution in [3.05, 3.63) is 0 Å². The van der Waals surface area contributed by atoms with Gasteiger partial charge >= 0.3 is 5.97 Å². The molecule has 0 amide bonds. The van der Waals surface area contributed by atoms with E-state index in [1.807, 2.05) is 0 Å². The highest BCUT2D eigenvalue weighted by atomic mass is 16.6. The minimum Gasteiger partial charge on any atom is -0.480 e. The van der Waals surface area contributed by atoms with Crippen LogP contribution in [0.15, 0.2) is 0 Å². The lowest BCUT2D eigenvalue weighted by atomic mass is 10.7. The van der Waals surface area contributed by atoms with E-state index < -0.39 is 5.97 Å². The van der Waals surface area contributed by atoms with Gasteiger partial charge in [-0.1, -0.05) is 0 Å². The van der Waals surface area contributed by atoms with Crippen LogP contribution in [-0.2, 0) is 9.63 Å². The Morgan fingerprint density at radius 1 is 1.67 bits per heavy atom. The summed E-state index contributed by atoms with van der Waals surface area (Å²) in [5.74, 6) is -0.993. The smallest absolute Gasteiger partial charge is 0.319 e. The zero-order chi connectivity index (χ0) is 7.11. The van der Waals surface area contributed by atoms with Gasteiger partial charge < -0.3 is 10.2 Å². The summed E-state index contributed by atoms with van der Waals surface area (Å²) >= 11 is 0. The fraction of sp³-hybridized carbons (Fsp3) is 0.750. The highest BCUT2D eigenvalue weighted by Gasteiger charge is 1.92. The Kier molecular flexibility index (Phi) is 5.09. The van der Waals surface area contributed by atoms with Crippen LogP contribution in [0.3, 0.4) is 0 Å². The van der Waals surface area contributed by atoms with Crippen molar-refractivity contribution >= 4 is 5.97 Å². The number of carboxylic acids is 1. The number of carbonyl (C=O) groups is 1. The van der Waals surface area contributed by atoms with E-state index >= 15 is 0 Å². The second kappa shape index (κ2) is 5.49. The Morgan fingerprint density at radius 3 is 2.78 bits per heavy atom. The molecule has 0 bridgehead atoms. The van der Waals surface area contributed by atoms with E-state index in [2.05, 4.69) is 10.3 Å². The third kappa shape index (κ3) is 7.35. The van der Waals surface area contributed by atoms with Gasteiger partial charge in [0.05, 0.1) is 13.2 Å². The second-order valence-corrected chi connectivity index (χ2v) is 1.29. The predicted octanol–water partition coefficient (Wildman–Crippen LogP) is -1.42. The Balaban J connectivity index is 2.83. The monoisotopic (exact) mass is 135 g/mol. The third-order valence-electron chi connectivity index (χ3n) is 0.519. The molecule has 0 aromatic heterocycles. The molecule has 5 nitrogen and oxygen atoms in total. The van der Waals surface area contributed by atoms with Crippen molar-refractivity contribution in [1.82, 2.24) is 5.48 Å². The van der Waals surface area contributed by atoms with Crippen LogP contribution in [0.5, 0.6) is 0 Å². The van der Waals surface area contributed by atoms with E-state index in [0.29, 0.717) is 0 Å². The molecule has 0 aliphatic rings. The highest BCUT2D eigenvalue weighted by molar-refractivity contribution is 5.68. The SMILES string of the molecule is O=C(O)CNOCCO. The number of nitrogens with one attached hydrogen (secondary N) is 1. The zero-order valence-electron chi connectivity index (χ0n) is 4.83. The Bertz CT molecular complexity index is 84.6. The minimum atomic E-state index is -0.993. The van der Waals surface area contributed by atoms with Crippen LogP contribution in [-0.4, -0.2) is 35.9 Å². The molecular weight excluding hydrogens is 126 g/mol. The quantitative estimate of drug-likeness (QED) is 0.318. The Hall–Kier alpha value is -0.650. The average Bonchev–Trinajstić information content (AvgIpc) is 1.80. The summed E-state index contributed by atoms with van der Waals surface area (Å²) in [5.41, 5.74) is 2.13. The number of hydroxylamine groups is 1. The summed E-state index contributed by atoms with van der Waals surface area (Å²) in [4.78, 5) is 14.2. The lowest BCUT2D eigenvalue weighted by Crippen LogP contribution is -2.24. The maximum absolute atomic E-state index is 9.76. The van der Waals surface area contributed by atoms with Gasteiger partial charge in [-0.25, -0.2) is 0 Å². The van der Waals surface area contributed by atoms with E-state index in [9.17, 15) is 4.79 Å². The molecule has 0 aromatic carbocycles. The van der Waals surface area contributed by atoms with Crippen LogP contribution in [0, 0.1) is 0 Å². The summed E-state index contributed by atoms with van der Waals surface area (Å²) in [6, 6.07) is 0. The van der Waals surface area contributed by atoms with Gasteiger partial charge in [-0.3, -0.25) is 9.63 Å². The van der Waals surface area contributed by atoms with Gasteiger partial charge in [0, 0.05) is 0 Å². The van der Waals surface area contributed by atoms with Crippen molar-refractivity contribution < 1.29 is 19.8 Å². The van der Waals surface area contributed by atoms with Crippen LogP contribution in [0.2, 0.25) is 0 Å². The molecule has 0 heterocycles. The fourth-order valence-corrected chi connectivity index (χ4v) is 0.231. The minimum absolute atomic E-state index is 0.104. The molecule has 0 spiro atoms. The number of hydrogen-bond donors (Lipinski definition) is 3. The summed E-state index contributed by atoms with van der Waals surface area (Å²) in [6.07, 6.45) is 0. The topological polar surface area (TPSA) is 78.8 Å². The van der Waals surface area contributed by atoms with E-state index in [4.69, 9.17) is 10.2 Å². The molecule has 0 rings (SSSR count). The van der Waals surface area contributed by atoms with Crippen LogP contribution in [0.25, 0.3) is 0 Å². The maximum Gasteiger partial charge on any atom is 0.319 e. The number of hydrogen-bond acceptors (Lipinski definition) is 4. The van der Waals surface area contributed by atoms with Crippen molar-refractivity contribution in [2.45, 2.75) is 0 Å². The first-order valence-electron chi connectivity index (χ1n) is 2.44. The molecule has 0 atom stereocenters. The van der Waals surface area contributed by atoms with E-state index in [-0.39, 0.29) is 19.8 Å². The van der Waals surface area contributed by atoms with Crippen LogP contribution < -0.4 is 5.48 Å². The van der Waals surface area contributed by atoms with Crippen molar-refractivity contribution in [2.75, 3.05) is 19.8 Å². The highest BCUT2D eigenvalue weighted by Crippen LogP contribution is 1.64. The molecule has 54 valence electrons. The summed E-state index contributed by atoms with van der Waals surface area (Å²) in [7, 11) is 0. The maximum atomic E-state index is 9.76. The lowest BCUT2D eigenvalue weighted by molar-refractivity contribution is -0.139. The number of aliphatic carboxylic acids is 1. The van der Waals surface area contributed by atoms with Crippen molar-refractivity contribution in [3.63, 3.8) is 0 Å². The van der Waals surface area contributed by atoms with Crippen molar-refractivity contribution in [1.29, 1.82) is 0 Å². The Labute approximate surface area is 52.2 Å². The summed E-state index contributed by atoms with van der Waals surface area (Å²) in [5, 5.41) is 16.1. The molecule has 0 aliphatic carbocycles. The molecule has 9 heavy (non-hydrogen) atoms. The van der Waals surface area contributed by atoms with Crippen LogP contribution in [0.4, 0.5) is 0 Å². The number of aliphatic hydroxyl groups excluding tert-OH is 1. The number of carboxylic acid groups (broad SMARTS) is 1. The number of rotatable bonds is 5. The summed E-state index contributed by atoms with van der Waals surface area (Å²) in [6.45, 7) is -0.264. The third-order valence-corrected chi connectivity index (χ3v) is 0.519. The van der Waals surface area contributed by atoms with Gasteiger partial charge in [-0.05, 0) is 0 Å². The predicted molar refractivity (Wildman–Crippen MR) is 28.7 cm³/mol. The molecular formula is C4H9NO4. The zero-order valence-corrected chi connectivity index (χ0v) is 4.83. The molecule has 3 N–H and O–H groups in total. The molecule has 0 aliphatic heterocycles. The first-order valence-corrected chi connectivity index (χ1v) is 2.44. The van der Waals surface area contributed by atoms with Gasteiger partial charge in [-0.2, -0.15) is 5.48 Å². The van der Waals surface area contributed by atoms with Crippen LogP contribution in [0.1, 0.15) is 0 Å². The Morgan fingerprint density at radius 2 is 2.33 bits per heavy atom. The fourth-order valence-electron chi connectivity index (χ4n) is 0.231. The van der Waals surface area contributed by atoms with Gasteiger partial charge in [0.15, 0.2) is 0 Å². The van der Waals surface area contributed by atoms with Gasteiger partial charge in [-0.15, -0.1) is 0 Å². The molecule has 5 heteroatoms. The normalized spacial score (nSPS) is 9.44. The molecule has 0 saturated carbocycles. The molecule has 0 fully saturated rings. The van der Waals surface area contributed by atoms with Gasteiger partial charge in [0.25, 0.3) is 0 Å². The summed E-state index contributed by atoms with van der Waals surface area (Å²) < 4.78 is 0. The first kappa shape index (κ1) is 8.35. The standard InChI is InChI=1S/C4H9NO4/c6-1-2-9-5-3-4(7)8/h5-6H,1-3H2,(H,7,8). The van der Waals surface area contributed by atoms with Crippen molar-refractivity contribution in [3.8, 4) is 0 Å². The second-order valence-electron chi connectivity index (χ2n) is 1.29. The van der Waals surface area contributed by atoms with Crippen molar-refractivity contribution in [2.24, 2.45) is 0 Å². The molecule has 0 radical (unpaired) electrons. The molecule has 0 unspecified atom stereocenters. The van der Waals surface area contributed by atoms with E-state index in [1.165, 1.54) is 0 Å². The molecule has 0 saturated heterocycles. The first-order chi connectivity index (χ1) is 4.27. The van der Waals surface area contributed by atoms with Gasteiger partial charge in [0.1, 0.15) is 6.54 Å². The largest absolute Gasteiger partial charge is 0.480 e. The van der Waals surface area contributed by atoms with Crippen LogP contribution >= 0.6 is 0 Å². The lowest BCUT2D eigenvalue weighted by Gasteiger charge is -1.98. The average molecular weight is 135 g/mol. The number of aliphatic hydroxyl groups is 1. The van der Waals surface area contributed by atoms with E-state index in [0.717, 1.165) is 0 Å². The van der Waals surface area contributed by atoms with Gasteiger partial charge in [0.2, 0.25) is 0 Å². The van der Waals surface area contributed by atoms with E-state index in [1.54, 1.807) is 0 Å². The molecule has 0 aromatic rings.